The molecule has 0 aliphatic rings. The molecular formula is C16H21FN4. The zero-order valence-corrected chi connectivity index (χ0v) is 12.7. The van der Waals surface area contributed by atoms with Gasteiger partial charge in [0.15, 0.2) is 0 Å². The molecule has 0 fully saturated rings. The lowest BCUT2D eigenvalue weighted by molar-refractivity contribution is 0.624. The monoisotopic (exact) mass is 288 g/mol. The molecule has 0 unspecified atom stereocenters. The summed E-state index contributed by atoms with van der Waals surface area (Å²) in [5, 5.41) is 3.26. The molecule has 1 aromatic carbocycles. The van der Waals surface area contributed by atoms with Crippen LogP contribution in [-0.4, -0.2) is 23.1 Å². The quantitative estimate of drug-likeness (QED) is 0.886. The van der Waals surface area contributed by atoms with Crippen molar-refractivity contribution in [3.63, 3.8) is 0 Å². The number of para-hydroxylation sites is 1. The van der Waals surface area contributed by atoms with E-state index in [-0.39, 0.29) is 5.82 Å². The molecule has 0 saturated carbocycles. The molecule has 0 aliphatic carbocycles. The molecule has 0 saturated heterocycles. The average Bonchev–Trinajstić information content (AvgIpc) is 2.49. The number of rotatable bonds is 6. The van der Waals surface area contributed by atoms with Gasteiger partial charge in [0.25, 0.3) is 0 Å². The first-order valence-electron chi connectivity index (χ1n) is 7.22. The topological polar surface area (TPSA) is 41.1 Å². The van der Waals surface area contributed by atoms with E-state index in [9.17, 15) is 4.39 Å². The minimum absolute atomic E-state index is 0.266. The van der Waals surface area contributed by atoms with Crippen molar-refractivity contribution in [1.82, 2.24) is 15.3 Å². The van der Waals surface area contributed by atoms with Gasteiger partial charge < -0.3 is 10.2 Å². The molecule has 4 nitrogen and oxygen atoms in total. The van der Waals surface area contributed by atoms with Gasteiger partial charge in [0.2, 0.25) is 5.95 Å². The third-order valence-electron chi connectivity index (χ3n) is 3.33. The average molecular weight is 288 g/mol. The van der Waals surface area contributed by atoms with Crippen LogP contribution in [0.5, 0.6) is 0 Å². The summed E-state index contributed by atoms with van der Waals surface area (Å²) in [6, 6.07) is 6.68. The van der Waals surface area contributed by atoms with Gasteiger partial charge in [0.05, 0.1) is 5.69 Å². The molecular weight excluding hydrogens is 267 g/mol. The van der Waals surface area contributed by atoms with Crippen molar-refractivity contribution in [3.8, 4) is 0 Å². The number of aromatic nitrogens is 2. The lowest BCUT2D eigenvalue weighted by Crippen LogP contribution is -2.21. The summed E-state index contributed by atoms with van der Waals surface area (Å²) in [6.45, 7) is 8.21. The molecule has 2 aromatic rings. The highest BCUT2D eigenvalue weighted by atomic mass is 19.1. The minimum Gasteiger partial charge on any atom is -0.313 e. The van der Waals surface area contributed by atoms with E-state index in [1.165, 1.54) is 6.07 Å². The molecule has 21 heavy (non-hydrogen) atoms. The molecule has 0 aliphatic heterocycles. The summed E-state index contributed by atoms with van der Waals surface area (Å²) in [5.41, 5.74) is 2.47. The Balaban J connectivity index is 2.31. The van der Waals surface area contributed by atoms with Crippen LogP contribution >= 0.6 is 0 Å². The van der Waals surface area contributed by atoms with Gasteiger partial charge in [-0.1, -0.05) is 19.1 Å². The molecule has 0 spiro atoms. The Morgan fingerprint density at radius 1 is 1.24 bits per heavy atom. The van der Waals surface area contributed by atoms with Crippen LogP contribution in [0.15, 0.2) is 30.5 Å². The second kappa shape index (κ2) is 7.13. The van der Waals surface area contributed by atoms with E-state index in [2.05, 4.69) is 22.2 Å². The summed E-state index contributed by atoms with van der Waals surface area (Å²) in [6.07, 6.45) is 1.81. The predicted octanol–water partition coefficient (Wildman–Crippen LogP) is 3.19. The van der Waals surface area contributed by atoms with E-state index >= 15 is 0 Å². The first-order valence-corrected chi connectivity index (χ1v) is 7.22. The van der Waals surface area contributed by atoms with Gasteiger partial charge in [-0.05, 0) is 32.5 Å². The van der Waals surface area contributed by atoms with Crippen molar-refractivity contribution in [2.75, 3.05) is 18.0 Å². The predicted molar refractivity (Wildman–Crippen MR) is 83.2 cm³/mol. The van der Waals surface area contributed by atoms with Gasteiger partial charge >= 0.3 is 0 Å². The Morgan fingerprint density at radius 3 is 2.62 bits per heavy atom. The maximum atomic E-state index is 14.0. The van der Waals surface area contributed by atoms with Gasteiger partial charge in [0.1, 0.15) is 5.82 Å². The molecule has 0 amide bonds. The normalized spacial score (nSPS) is 10.7. The molecule has 112 valence electrons. The molecule has 1 heterocycles. The summed E-state index contributed by atoms with van der Waals surface area (Å²) in [5.74, 6) is 0.262. The Hall–Kier alpha value is -2.01. The number of benzene rings is 1. The maximum Gasteiger partial charge on any atom is 0.230 e. The Labute approximate surface area is 125 Å². The van der Waals surface area contributed by atoms with Crippen molar-refractivity contribution < 1.29 is 4.39 Å². The Kier molecular flexibility index (Phi) is 5.22. The van der Waals surface area contributed by atoms with Crippen LogP contribution < -0.4 is 10.2 Å². The number of nitrogens with zero attached hydrogens (tertiary/aromatic N) is 3. The Morgan fingerprint density at radius 2 is 2.00 bits per heavy atom. The third kappa shape index (κ3) is 3.55. The van der Waals surface area contributed by atoms with Crippen LogP contribution in [-0.2, 0) is 6.54 Å². The minimum atomic E-state index is -0.266. The molecule has 5 heteroatoms. The number of nitrogens with one attached hydrogen (secondary N) is 1. The van der Waals surface area contributed by atoms with Crippen molar-refractivity contribution in [2.45, 2.75) is 27.3 Å². The lowest BCUT2D eigenvalue weighted by Gasteiger charge is -2.22. The van der Waals surface area contributed by atoms with Crippen LogP contribution in [0.4, 0.5) is 16.0 Å². The van der Waals surface area contributed by atoms with Gasteiger partial charge in [-0.15, -0.1) is 0 Å². The summed E-state index contributed by atoms with van der Waals surface area (Å²) < 4.78 is 14.0. The van der Waals surface area contributed by atoms with Gasteiger partial charge in [-0.3, -0.25) is 0 Å². The first kappa shape index (κ1) is 15.4. The zero-order chi connectivity index (χ0) is 15.2. The van der Waals surface area contributed by atoms with E-state index < -0.39 is 0 Å². The number of halogens is 1. The first-order chi connectivity index (χ1) is 10.2. The van der Waals surface area contributed by atoms with E-state index in [0.29, 0.717) is 18.2 Å². The number of anilines is 2. The fourth-order valence-corrected chi connectivity index (χ4v) is 2.13. The van der Waals surface area contributed by atoms with Crippen LogP contribution in [0.1, 0.15) is 25.1 Å². The molecule has 0 bridgehead atoms. The van der Waals surface area contributed by atoms with Crippen LogP contribution in [0.2, 0.25) is 0 Å². The standard InChI is InChI=1S/C16H21FN4/c1-4-18-10-13-11-19-16(20-12(13)3)21(5-2)15-9-7-6-8-14(15)17/h6-9,11,18H,4-5,10H2,1-3H3. The van der Waals surface area contributed by atoms with Crippen molar-refractivity contribution >= 4 is 11.6 Å². The second-order valence-corrected chi connectivity index (χ2v) is 4.76. The van der Waals surface area contributed by atoms with E-state index in [1.807, 2.05) is 26.1 Å². The van der Waals surface area contributed by atoms with Crippen LogP contribution in [0.3, 0.4) is 0 Å². The summed E-state index contributed by atoms with van der Waals surface area (Å²) in [7, 11) is 0. The fraction of sp³-hybridized carbons (Fsp3) is 0.375. The van der Waals surface area contributed by atoms with Gasteiger partial charge in [0, 0.05) is 30.5 Å². The summed E-state index contributed by atoms with van der Waals surface area (Å²) in [4.78, 5) is 10.7. The van der Waals surface area contributed by atoms with E-state index in [4.69, 9.17) is 0 Å². The number of aryl methyl sites for hydroxylation is 1. The second-order valence-electron chi connectivity index (χ2n) is 4.76. The molecule has 0 atom stereocenters. The maximum absolute atomic E-state index is 14.0. The van der Waals surface area contributed by atoms with Crippen LogP contribution in [0.25, 0.3) is 0 Å². The smallest absolute Gasteiger partial charge is 0.230 e. The van der Waals surface area contributed by atoms with Crippen LogP contribution in [0, 0.1) is 12.7 Å². The molecule has 1 aromatic heterocycles. The number of hydrogen-bond acceptors (Lipinski definition) is 4. The van der Waals surface area contributed by atoms with Gasteiger partial charge in [-0.25, -0.2) is 14.4 Å². The molecule has 1 N–H and O–H groups in total. The van der Waals surface area contributed by atoms with E-state index in [0.717, 1.165) is 24.3 Å². The fourth-order valence-electron chi connectivity index (χ4n) is 2.13. The summed E-state index contributed by atoms with van der Waals surface area (Å²) >= 11 is 0. The van der Waals surface area contributed by atoms with Gasteiger partial charge in [-0.2, -0.15) is 0 Å². The van der Waals surface area contributed by atoms with E-state index in [1.54, 1.807) is 17.0 Å². The largest absolute Gasteiger partial charge is 0.313 e. The molecule has 0 radical (unpaired) electrons. The lowest BCUT2D eigenvalue weighted by atomic mass is 10.2. The number of hydrogen-bond donors (Lipinski definition) is 1. The SMILES string of the molecule is CCNCc1cnc(N(CC)c2ccccc2F)nc1C. The van der Waals surface area contributed by atoms with Crippen molar-refractivity contribution in [3.05, 3.63) is 47.5 Å². The molecule has 2 rings (SSSR count). The van der Waals surface area contributed by atoms with Crippen molar-refractivity contribution in [1.29, 1.82) is 0 Å². The highest BCUT2D eigenvalue weighted by molar-refractivity contribution is 5.57. The van der Waals surface area contributed by atoms with Crippen molar-refractivity contribution in [2.24, 2.45) is 0 Å². The highest BCUT2D eigenvalue weighted by Crippen LogP contribution is 2.25. The zero-order valence-electron chi connectivity index (χ0n) is 12.7. The Bertz CT molecular complexity index is 601. The highest BCUT2D eigenvalue weighted by Gasteiger charge is 2.15. The third-order valence-corrected chi connectivity index (χ3v) is 3.33.